The van der Waals surface area contributed by atoms with E-state index in [1.54, 1.807) is 0 Å². The van der Waals surface area contributed by atoms with Crippen molar-refractivity contribution in [2.45, 2.75) is 45.2 Å². The minimum absolute atomic E-state index is 0.590. The molecule has 0 amide bonds. The van der Waals surface area contributed by atoms with Gasteiger partial charge in [-0.3, -0.25) is 4.68 Å². The molecule has 1 N–H and O–H groups in total. The Morgan fingerprint density at radius 2 is 2.27 bits per heavy atom. The van der Waals surface area contributed by atoms with E-state index in [4.69, 9.17) is 0 Å². The monoisotopic (exact) mass is 207 g/mol. The normalized spacial score (nSPS) is 19.6. The molecular weight excluding hydrogens is 186 g/mol. The van der Waals surface area contributed by atoms with E-state index in [9.17, 15) is 0 Å². The molecule has 0 aliphatic heterocycles. The maximum Gasteiger partial charge on any atom is 0.0593 e. The van der Waals surface area contributed by atoms with Gasteiger partial charge in [-0.15, -0.1) is 0 Å². The van der Waals surface area contributed by atoms with E-state index in [0.717, 1.165) is 18.2 Å². The van der Waals surface area contributed by atoms with Crippen LogP contribution in [0.25, 0.3) is 0 Å². The molecule has 1 aromatic rings. The van der Waals surface area contributed by atoms with Gasteiger partial charge in [-0.2, -0.15) is 5.10 Å². The van der Waals surface area contributed by atoms with Gasteiger partial charge in [0.2, 0.25) is 0 Å². The topological polar surface area (TPSA) is 29.9 Å². The fourth-order valence-corrected chi connectivity index (χ4v) is 2.60. The maximum absolute atomic E-state index is 4.45. The minimum Gasteiger partial charge on any atom is -0.315 e. The van der Waals surface area contributed by atoms with Crippen LogP contribution in [0.2, 0.25) is 0 Å². The van der Waals surface area contributed by atoms with Crippen molar-refractivity contribution >= 4 is 0 Å². The van der Waals surface area contributed by atoms with Crippen LogP contribution in [0.5, 0.6) is 0 Å². The first-order valence-corrected chi connectivity index (χ1v) is 5.97. The first-order chi connectivity index (χ1) is 7.29. The van der Waals surface area contributed by atoms with E-state index < -0.39 is 0 Å². The van der Waals surface area contributed by atoms with E-state index >= 15 is 0 Å². The minimum atomic E-state index is 0.590. The second-order valence-electron chi connectivity index (χ2n) is 4.62. The summed E-state index contributed by atoms with van der Waals surface area (Å²) in [6, 6.07) is 2.66. The van der Waals surface area contributed by atoms with Crippen molar-refractivity contribution in [2.75, 3.05) is 7.05 Å². The maximum atomic E-state index is 4.45. The van der Waals surface area contributed by atoms with Gasteiger partial charge in [0.15, 0.2) is 0 Å². The molecule has 2 rings (SSSR count). The molecule has 0 saturated heterocycles. The Morgan fingerprint density at radius 1 is 1.53 bits per heavy atom. The molecular formula is C12H21N3. The molecule has 3 nitrogen and oxygen atoms in total. The van der Waals surface area contributed by atoms with E-state index in [2.05, 4.69) is 34.4 Å². The highest BCUT2D eigenvalue weighted by Crippen LogP contribution is 2.28. The molecule has 1 fully saturated rings. The predicted molar refractivity (Wildman–Crippen MR) is 61.8 cm³/mol. The van der Waals surface area contributed by atoms with Crippen LogP contribution in [0.15, 0.2) is 12.3 Å². The number of aromatic nitrogens is 2. The molecule has 1 atom stereocenters. The third kappa shape index (κ3) is 2.59. The lowest BCUT2D eigenvalue weighted by atomic mass is 9.98. The van der Waals surface area contributed by atoms with Gasteiger partial charge in [0.1, 0.15) is 0 Å². The third-order valence-corrected chi connectivity index (χ3v) is 3.50. The van der Waals surface area contributed by atoms with Gasteiger partial charge < -0.3 is 5.32 Å². The summed E-state index contributed by atoms with van der Waals surface area (Å²) in [5.41, 5.74) is 1.11. The second kappa shape index (κ2) is 4.79. The van der Waals surface area contributed by atoms with Crippen molar-refractivity contribution in [3.05, 3.63) is 18.0 Å². The number of rotatable bonds is 4. The van der Waals surface area contributed by atoms with Crippen LogP contribution in [-0.2, 0) is 6.54 Å². The van der Waals surface area contributed by atoms with Gasteiger partial charge in [0.25, 0.3) is 0 Å². The summed E-state index contributed by atoms with van der Waals surface area (Å²) < 4.78 is 2.06. The molecule has 0 aromatic carbocycles. The van der Waals surface area contributed by atoms with Crippen molar-refractivity contribution in [2.24, 2.45) is 5.92 Å². The Hall–Kier alpha value is -0.830. The van der Waals surface area contributed by atoms with Crippen molar-refractivity contribution in [1.82, 2.24) is 15.1 Å². The van der Waals surface area contributed by atoms with Crippen molar-refractivity contribution in [1.29, 1.82) is 0 Å². The first kappa shape index (κ1) is 10.7. The lowest BCUT2D eigenvalue weighted by molar-refractivity contribution is 0.328. The van der Waals surface area contributed by atoms with Crippen LogP contribution in [-0.4, -0.2) is 22.9 Å². The largest absolute Gasteiger partial charge is 0.315 e. The van der Waals surface area contributed by atoms with Crippen molar-refractivity contribution in [3.63, 3.8) is 0 Å². The third-order valence-electron chi connectivity index (χ3n) is 3.50. The number of nitrogens with zero attached hydrogens (tertiary/aromatic N) is 2. The van der Waals surface area contributed by atoms with Gasteiger partial charge in [-0.1, -0.05) is 12.8 Å². The average Bonchev–Trinajstić information content (AvgIpc) is 2.85. The van der Waals surface area contributed by atoms with Gasteiger partial charge >= 0.3 is 0 Å². The zero-order chi connectivity index (χ0) is 10.7. The summed E-state index contributed by atoms with van der Waals surface area (Å²) in [5, 5.41) is 7.89. The molecule has 3 heteroatoms. The van der Waals surface area contributed by atoms with E-state index in [1.807, 2.05) is 6.92 Å². The van der Waals surface area contributed by atoms with Crippen LogP contribution in [0.3, 0.4) is 0 Å². The highest BCUT2D eigenvalue weighted by Gasteiger charge is 2.23. The highest BCUT2D eigenvalue weighted by atomic mass is 15.3. The summed E-state index contributed by atoms with van der Waals surface area (Å²) in [6.45, 7) is 3.05. The number of nitrogens with one attached hydrogen (secondary N) is 1. The zero-order valence-electron chi connectivity index (χ0n) is 9.74. The van der Waals surface area contributed by atoms with Gasteiger partial charge in [0, 0.05) is 12.2 Å². The molecule has 1 aliphatic carbocycles. The number of likely N-dealkylation sites (N-methyl/N-ethyl adjacent to an activating group) is 1. The van der Waals surface area contributed by atoms with Crippen LogP contribution < -0.4 is 5.32 Å². The Bertz CT molecular complexity index is 300. The first-order valence-electron chi connectivity index (χ1n) is 5.97. The fraction of sp³-hybridized carbons (Fsp3) is 0.750. The molecule has 1 heterocycles. The lowest BCUT2D eigenvalue weighted by Crippen LogP contribution is -2.36. The molecule has 1 aromatic heterocycles. The summed E-state index contributed by atoms with van der Waals surface area (Å²) in [5.74, 6) is 0.847. The van der Waals surface area contributed by atoms with Crippen LogP contribution in [0, 0.1) is 12.8 Å². The Labute approximate surface area is 91.9 Å². The van der Waals surface area contributed by atoms with E-state index in [1.165, 1.54) is 25.7 Å². The number of hydrogen-bond acceptors (Lipinski definition) is 2. The van der Waals surface area contributed by atoms with E-state index in [-0.39, 0.29) is 0 Å². The molecule has 1 saturated carbocycles. The summed E-state index contributed by atoms with van der Waals surface area (Å²) >= 11 is 0. The fourth-order valence-electron chi connectivity index (χ4n) is 2.60. The number of hydrogen-bond donors (Lipinski definition) is 1. The predicted octanol–water partition coefficient (Wildman–Crippen LogP) is 1.97. The van der Waals surface area contributed by atoms with Crippen molar-refractivity contribution in [3.8, 4) is 0 Å². The molecule has 0 radical (unpaired) electrons. The average molecular weight is 207 g/mol. The SMILES string of the molecule is CNC(Cn1ccc(C)n1)C1CCCC1. The molecule has 1 aliphatic rings. The van der Waals surface area contributed by atoms with Crippen LogP contribution >= 0.6 is 0 Å². The van der Waals surface area contributed by atoms with E-state index in [0.29, 0.717) is 6.04 Å². The quantitative estimate of drug-likeness (QED) is 0.818. The van der Waals surface area contributed by atoms with Crippen molar-refractivity contribution < 1.29 is 0 Å². The smallest absolute Gasteiger partial charge is 0.0593 e. The molecule has 0 bridgehead atoms. The Kier molecular flexibility index (Phi) is 3.41. The van der Waals surface area contributed by atoms with Crippen LogP contribution in [0.1, 0.15) is 31.4 Å². The lowest BCUT2D eigenvalue weighted by Gasteiger charge is -2.22. The summed E-state index contributed by atoms with van der Waals surface area (Å²) in [4.78, 5) is 0. The molecule has 0 spiro atoms. The Morgan fingerprint density at radius 3 is 2.80 bits per heavy atom. The molecule has 1 unspecified atom stereocenters. The zero-order valence-corrected chi connectivity index (χ0v) is 9.74. The van der Waals surface area contributed by atoms with Gasteiger partial charge in [-0.05, 0) is 38.8 Å². The van der Waals surface area contributed by atoms with Gasteiger partial charge in [0.05, 0.1) is 12.2 Å². The Balaban J connectivity index is 1.95. The standard InChI is InChI=1S/C12H21N3/c1-10-7-8-15(14-10)9-12(13-2)11-5-3-4-6-11/h7-8,11-13H,3-6,9H2,1-2H3. The summed E-state index contributed by atoms with van der Waals surface area (Å²) in [6.07, 6.45) is 7.65. The second-order valence-corrected chi connectivity index (χ2v) is 4.62. The van der Waals surface area contributed by atoms with Gasteiger partial charge in [-0.25, -0.2) is 0 Å². The van der Waals surface area contributed by atoms with Crippen LogP contribution in [0.4, 0.5) is 0 Å². The molecule has 15 heavy (non-hydrogen) atoms. The highest BCUT2D eigenvalue weighted by molar-refractivity contribution is 4.95. The summed E-state index contributed by atoms with van der Waals surface area (Å²) in [7, 11) is 2.07. The number of aryl methyl sites for hydroxylation is 1. The molecule has 84 valence electrons.